The summed E-state index contributed by atoms with van der Waals surface area (Å²) in [6.07, 6.45) is 9.40. The Labute approximate surface area is 186 Å². The second kappa shape index (κ2) is 8.70. The number of epoxide rings is 1. The van der Waals surface area contributed by atoms with Crippen molar-refractivity contribution in [1.29, 1.82) is 0 Å². The van der Waals surface area contributed by atoms with Gasteiger partial charge in [0.15, 0.2) is 0 Å². The molecule has 0 unspecified atom stereocenters. The van der Waals surface area contributed by atoms with Crippen molar-refractivity contribution in [3.63, 3.8) is 0 Å². The van der Waals surface area contributed by atoms with Crippen LogP contribution in [0.15, 0.2) is 29.4 Å². The Morgan fingerprint density at radius 2 is 1.74 bits per heavy atom. The van der Waals surface area contributed by atoms with Crippen molar-refractivity contribution in [2.75, 3.05) is 0 Å². The van der Waals surface area contributed by atoms with E-state index in [0.29, 0.717) is 35.0 Å². The van der Waals surface area contributed by atoms with E-state index in [1.807, 2.05) is 0 Å². The summed E-state index contributed by atoms with van der Waals surface area (Å²) >= 11 is 0. The molecule has 1 aromatic rings. The fourth-order valence-corrected chi connectivity index (χ4v) is 4.04. The highest BCUT2D eigenvalue weighted by Crippen LogP contribution is 2.41. The maximum atomic E-state index is 12.4. The first-order valence-electron chi connectivity index (χ1n) is 11.2. The average molecular weight is 429 g/mol. The molecule has 1 saturated heterocycles. The van der Waals surface area contributed by atoms with E-state index >= 15 is 0 Å². The minimum absolute atomic E-state index is 0.0655. The van der Waals surface area contributed by atoms with Crippen LogP contribution >= 0.6 is 0 Å². The Hall–Kier alpha value is -2.27. The van der Waals surface area contributed by atoms with Crippen molar-refractivity contribution in [3.05, 3.63) is 46.1 Å². The highest BCUT2D eigenvalue weighted by atomic mass is 16.7. The van der Waals surface area contributed by atoms with E-state index in [1.54, 1.807) is 26.8 Å². The summed E-state index contributed by atoms with van der Waals surface area (Å²) in [4.78, 5) is 12.4. The van der Waals surface area contributed by atoms with E-state index in [2.05, 4.69) is 39.8 Å². The number of phenols is 1. The van der Waals surface area contributed by atoms with Gasteiger partial charge in [-0.2, -0.15) is 0 Å². The number of carbonyl (C=O) groups is 1. The maximum absolute atomic E-state index is 12.4. The van der Waals surface area contributed by atoms with E-state index in [4.69, 9.17) is 14.2 Å². The largest absolute Gasteiger partial charge is 0.508 e. The molecule has 1 N–H and O–H groups in total. The molecule has 0 saturated carbocycles. The van der Waals surface area contributed by atoms with Crippen LogP contribution in [-0.4, -0.2) is 28.6 Å². The van der Waals surface area contributed by atoms with Gasteiger partial charge in [-0.25, -0.2) is 4.79 Å². The quantitative estimate of drug-likeness (QED) is 0.305. The van der Waals surface area contributed by atoms with Crippen molar-refractivity contribution in [1.82, 2.24) is 0 Å². The molecule has 2 aliphatic heterocycles. The first-order chi connectivity index (χ1) is 14.4. The lowest BCUT2D eigenvalue weighted by atomic mass is 9.97. The molecule has 0 aromatic heterocycles. The van der Waals surface area contributed by atoms with Crippen LogP contribution in [0.5, 0.6) is 11.5 Å². The number of aryl methyl sites for hydroxylation is 1. The number of hydrogen-bond acceptors (Lipinski definition) is 5. The number of esters is 1. The van der Waals surface area contributed by atoms with Gasteiger partial charge in [0.25, 0.3) is 0 Å². The summed E-state index contributed by atoms with van der Waals surface area (Å²) in [6.45, 7) is 13.7. The highest BCUT2D eigenvalue weighted by Gasteiger charge is 2.46. The zero-order valence-electron chi connectivity index (χ0n) is 19.9. The molecule has 3 rings (SSSR count). The normalized spacial score (nSPS) is 21.9. The maximum Gasteiger partial charge on any atom is 0.345 e. The standard InChI is InChI=1S/C26H36O5/c1-16(9-8-10-17(2)12-14-21-25(4,5)29-21)11-13-19-20(27)15-18(3)22-23(19)30-26(6,7)31-24(22)28/h10-11,15,21,27H,8-9,12-14H2,1-7H3/b16-11+,17-10?/t21-/m0/s1. The molecule has 0 spiro atoms. The first-order valence-corrected chi connectivity index (χ1v) is 11.2. The van der Waals surface area contributed by atoms with Gasteiger partial charge in [-0.1, -0.05) is 23.3 Å². The number of hydrogen-bond donors (Lipinski definition) is 1. The predicted octanol–water partition coefficient (Wildman–Crippen LogP) is 6.16. The molecule has 2 heterocycles. The predicted molar refractivity (Wildman–Crippen MR) is 122 cm³/mol. The molecule has 1 atom stereocenters. The fraction of sp³-hybridized carbons (Fsp3) is 0.577. The molecule has 31 heavy (non-hydrogen) atoms. The summed E-state index contributed by atoms with van der Waals surface area (Å²) in [5, 5.41) is 10.5. The van der Waals surface area contributed by atoms with Gasteiger partial charge in [-0.15, -0.1) is 0 Å². The Balaban J connectivity index is 1.62. The average Bonchev–Trinajstić information content (AvgIpc) is 3.24. The van der Waals surface area contributed by atoms with E-state index in [0.717, 1.165) is 25.7 Å². The van der Waals surface area contributed by atoms with Crippen molar-refractivity contribution in [3.8, 4) is 11.5 Å². The lowest BCUT2D eigenvalue weighted by Crippen LogP contribution is -2.39. The monoisotopic (exact) mass is 428 g/mol. The summed E-state index contributed by atoms with van der Waals surface area (Å²) in [7, 11) is 0. The van der Waals surface area contributed by atoms with Crippen LogP contribution in [0.4, 0.5) is 0 Å². The van der Waals surface area contributed by atoms with Gasteiger partial charge in [0, 0.05) is 19.4 Å². The van der Waals surface area contributed by atoms with Crippen LogP contribution in [0.25, 0.3) is 0 Å². The summed E-state index contributed by atoms with van der Waals surface area (Å²) in [5.41, 5.74) is 4.39. The fourth-order valence-electron chi connectivity index (χ4n) is 4.04. The van der Waals surface area contributed by atoms with Gasteiger partial charge < -0.3 is 19.3 Å². The van der Waals surface area contributed by atoms with Crippen LogP contribution < -0.4 is 4.74 Å². The van der Waals surface area contributed by atoms with Gasteiger partial charge in [0.05, 0.1) is 11.7 Å². The molecular weight excluding hydrogens is 392 g/mol. The Kier molecular flexibility index (Phi) is 6.56. The molecule has 2 aliphatic rings. The minimum atomic E-state index is -1.05. The molecule has 1 aromatic carbocycles. The number of aromatic hydroxyl groups is 1. The first kappa shape index (κ1) is 23.4. The summed E-state index contributed by atoms with van der Waals surface area (Å²) < 4.78 is 16.9. The van der Waals surface area contributed by atoms with Crippen LogP contribution in [0.3, 0.4) is 0 Å². The highest BCUT2D eigenvalue weighted by molar-refractivity contribution is 5.96. The van der Waals surface area contributed by atoms with Crippen molar-refractivity contribution >= 4 is 5.97 Å². The third-order valence-electron chi connectivity index (χ3n) is 6.10. The number of phenolic OH excluding ortho intramolecular Hbond substituents is 1. The Bertz CT molecular complexity index is 920. The van der Waals surface area contributed by atoms with Crippen LogP contribution in [0.2, 0.25) is 0 Å². The Morgan fingerprint density at radius 3 is 2.39 bits per heavy atom. The van der Waals surface area contributed by atoms with Gasteiger partial charge in [0.1, 0.15) is 17.1 Å². The molecule has 0 aliphatic carbocycles. The number of benzene rings is 1. The smallest absolute Gasteiger partial charge is 0.345 e. The van der Waals surface area contributed by atoms with E-state index in [9.17, 15) is 9.90 Å². The number of cyclic esters (lactones) is 1. The third kappa shape index (κ3) is 5.70. The van der Waals surface area contributed by atoms with Crippen molar-refractivity contribution < 1.29 is 24.1 Å². The van der Waals surface area contributed by atoms with Gasteiger partial charge in [0.2, 0.25) is 5.79 Å². The number of allylic oxidation sites excluding steroid dienone is 4. The van der Waals surface area contributed by atoms with Crippen LogP contribution in [0.1, 0.15) is 88.7 Å². The SMILES string of the molecule is CC(=CCC/C(C)=C/Cc1c(O)cc(C)c2c1OC(C)(C)OC2=O)CC[C@@H]1OC1(C)C. The third-order valence-corrected chi connectivity index (χ3v) is 6.10. The second-order valence-electron chi connectivity index (χ2n) is 9.88. The molecular formula is C26H36O5. The van der Waals surface area contributed by atoms with Crippen molar-refractivity contribution in [2.24, 2.45) is 0 Å². The molecule has 0 amide bonds. The number of ether oxygens (including phenoxy) is 3. The molecule has 170 valence electrons. The van der Waals surface area contributed by atoms with Gasteiger partial charge >= 0.3 is 5.97 Å². The molecule has 5 nitrogen and oxygen atoms in total. The Morgan fingerprint density at radius 1 is 1.10 bits per heavy atom. The lowest BCUT2D eigenvalue weighted by molar-refractivity contribution is -0.127. The molecule has 1 fully saturated rings. The van der Waals surface area contributed by atoms with E-state index in [-0.39, 0.29) is 11.4 Å². The van der Waals surface area contributed by atoms with E-state index in [1.165, 1.54) is 11.1 Å². The topological polar surface area (TPSA) is 68.3 Å². The van der Waals surface area contributed by atoms with Gasteiger partial charge in [-0.05, 0) is 78.4 Å². The molecule has 5 heteroatoms. The minimum Gasteiger partial charge on any atom is -0.508 e. The summed E-state index contributed by atoms with van der Waals surface area (Å²) in [6, 6.07) is 1.61. The van der Waals surface area contributed by atoms with Gasteiger partial charge in [-0.3, -0.25) is 0 Å². The van der Waals surface area contributed by atoms with Crippen LogP contribution in [0, 0.1) is 6.92 Å². The lowest BCUT2D eigenvalue weighted by Gasteiger charge is -2.33. The zero-order chi connectivity index (χ0) is 23.0. The van der Waals surface area contributed by atoms with Crippen LogP contribution in [-0.2, 0) is 15.9 Å². The number of rotatable bonds is 8. The summed E-state index contributed by atoms with van der Waals surface area (Å²) in [5.74, 6) is -0.886. The van der Waals surface area contributed by atoms with Crippen molar-refractivity contribution in [2.45, 2.75) is 98.1 Å². The molecule has 0 bridgehead atoms. The zero-order valence-corrected chi connectivity index (χ0v) is 19.9. The number of fused-ring (bicyclic) bond motifs is 1. The molecule has 0 radical (unpaired) electrons. The van der Waals surface area contributed by atoms with E-state index < -0.39 is 11.8 Å². The second-order valence-corrected chi connectivity index (χ2v) is 9.88. The number of carbonyl (C=O) groups excluding carboxylic acids is 1.